The second kappa shape index (κ2) is 9.38. The number of piperidine rings is 1. The van der Waals surface area contributed by atoms with E-state index < -0.39 is 0 Å². The molecule has 2 heterocycles. The van der Waals surface area contributed by atoms with Gasteiger partial charge >= 0.3 is 0 Å². The molecule has 0 saturated carbocycles. The molecular formula is C35H30N2. The van der Waals surface area contributed by atoms with E-state index in [1.54, 1.807) is 0 Å². The van der Waals surface area contributed by atoms with Crippen LogP contribution in [0.1, 0.15) is 30.9 Å². The molecule has 2 heteroatoms. The lowest BCUT2D eigenvalue weighted by Gasteiger charge is -2.24. The van der Waals surface area contributed by atoms with Gasteiger partial charge in [0.15, 0.2) is 0 Å². The Kier molecular flexibility index (Phi) is 5.60. The minimum absolute atomic E-state index is 0.507. The van der Waals surface area contributed by atoms with Crippen LogP contribution in [0.4, 0.5) is 0 Å². The molecule has 0 amide bonds. The Balaban J connectivity index is 1.22. The molecule has 6 aromatic rings. The zero-order valence-electron chi connectivity index (χ0n) is 20.9. The molecule has 37 heavy (non-hydrogen) atoms. The van der Waals surface area contributed by atoms with Crippen LogP contribution in [0.25, 0.3) is 49.7 Å². The Morgan fingerprint density at radius 2 is 1.16 bits per heavy atom. The second-order valence-corrected chi connectivity index (χ2v) is 10.1. The average Bonchev–Trinajstić information content (AvgIpc) is 3.32. The van der Waals surface area contributed by atoms with Crippen molar-refractivity contribution >= 4 is 21.8 Å². The van der Waals surface area contributed by atoms with Crippen LogP contribution in [0.3, 0.4) is 0 Å². The van der Waals surface area contributed by atoms with Crippen molar-refractivity contribution < 1.29 is 0 Å². The maximum atomic E-state index is 3.65. The summed E-state index contributed by atoms with van der Waals surface area (Å²) in [5.41, 5.74) is 10.1. The molecule has 2 nitrogen and oxygen atoms in total. The molecule has 0 spiro atoms. The minimum Gasteiger partial charge on any atom is -0.310 e. The van der Waals surface area contributed by atoms with Crippen LogP contribution in [-0.4, -0.2) is 11.1 Å². The summed E-state index contributed by atoms with van der Waals surface area (Å²) in [4.78, 5) is 0. The quantitative estimate of drug-likeness (QED) is 0.268. The van der Waals surface area contributed by atoms with E-state index >= 15 is 0 Å². The van der Waals surface area contributed by atoms with Crippen molar-refractivity contribution in [3.63, 3.8) is 0 Å². The lowest BCUT2D eigenvalue weighted by molar-refractivity contribution is 0.412. The van der Waals surface area contributed by atoms with Gasteiger partial charge in [-0.3, -0.25) is 0 Å². The summed E-state index contributed by atoms with van der Waals surface area (Å²) in [5.74, 6) is 0. The van der Waals surface area contributed by atoms with Crippen molar-refractivity contribution in [1.82, 2.24) is 9.88 Å². The topological polar surface area (TPSA) is 17.0 Å². The van der Waals surface area contributed by atoms with E-state index in [1.807, 2.05) is 0 Å². The van der Waals surface area contributed by atoms with Gasteiger partial charge in [-0.2, -0.15) is 0 Å². The lowest BCUT2D eigenvalue weighted by Crippen LogP contribution is -2.26. The third-order valence-corrected chi connectivity index (χ3v) is 7.86. The van der Waals surface area contributed by atoms with Gasteiger partial charge in [-0.15, -0.1) is 0 Å². The van der Waals surface area contributed by atoms with E-state index in [9.17, 15) is 0 Å². The highest BCUT2D eigenvalue weighted by molar-refractivity contribution is 6.10. The Labute approximate surface area is 218 Å². The number of hydrogen-bond acceptors (Lipinski definition) is 1. The first-order valence-corrected chi connectivity index (χ1v) is 13.4. The van der Waals surface area contributed by atoms with Crippen LogP contribution < -0.4 is 5.32 Å². The number of hydrogen-bond donors (Lipinski definition) is 1. The highest BCUT2D eigenvalue weighted by atomic mass is 15.0. The molecule has 0 radical (unpaired) electrons. The first kappa shape index (κ1) is 22.1. The molecule has 1 aliphatic rings. The van der Waals surface area contributed by atoms with E-state index in [1.165, 1.54) is 74.6 Å². The number of benzene rings is 5. The van der Waals surface area contributed by atoms with Crippen LogP contribution in [-0.2, 0) is 0 Å². The number of rotatable bonds is 4. The van der Waals surface area contributed by atoms with E-state index in [4.69, 9.17) is 0 Å². The zero-order chi connectivity index (χ0) is 24.6. The number of aromatic nitrogens is 1. The first-order chi connectivity index (χ1) is 18.3. The zero-order valence-corrected chi connectivity index (χ0v) is 20.9. The fourth-order valence-electron chi connectivity index (χ4n) is 5.91. The van der Waals surface area contributed by atoms with Gasteiger partial charge in [0, 0.05) is 22.5 Å². The number of fused-ring (bicyclic) bond motifs is 3. The van der Waals surface area contributed by atoms with Gasteiger partial charge in [0.2, 0.25) is 0 Å². The van der Waals surface area contributed by atoms with Crippen LogP contribution in [0.5, 0.6) is 0 Å². The summed E-state index contributed by atoms with van der Waals surface area (Å²) >= 11 is 0. The van der Waals surface area contributed by atoms with Gasteiger partial charge in [0.05, 0.1) is 11.0 Å². The fourth-order valence-corrected chi connectivity index (χ4v) is 5.91. The van der Waals surface area contributed by atoms with Crippen molar-refractivity contribution in [2.45, 2.75) is 25.3 Å². The molecular weight excluding hydrogens is 448 g/mol. The molecule has 1 unspecified atom stereocenters. The molecule has 1 N–H and O–H groups in total. The number of nitrogens with zero attached hydrogens (tertiary/aromatic N) is 1. The SMILES string of the molecule is c1ccc(-n2c3ccccc3c3cc(-c4ccc(-c5ccc(C6CCCCN6)cc5)cc4)ccc32)cc1. The molecule has 1 fully saturated rings. The molecule has 1 atom stereocenters. The summed E-state index contributed by atoms with van der Waals surface area (Å²) in [6, 6.07) is 44.8. The molecule has 1 aromatic heterocycles. The third-order valence-electron chi connectivity index (χ3n) is 7.86. The molecule has 1 saturated heterocycles. The highest BCUT2D eigenvalue weighted by Gasteiger charge is 2.15. The summed E-state index contributed by atoms with van der Waals surface area (Å²) in [6.07, 6.45) is 3.85. The monoisotopic (exact) mass is 478 g/mol. The van der Waals surface area contributed by atoms with Crippen molar-refractivity contribution in [3.05, 3.63) is 127 Å². The highest BCUT2D eigenvalue weighted by Crippen LogP contribution is 2.35. The van der Waals surface area contributed by atoms with Gasteiger partial charge in [-0.05, 0) is 77.5 Å². The Morgan fingerprint density at radius 3 is 1.89 bits per heavy atom. The third kappa shape index (κ3) is 4.04. The normalized spacial score (nSPS) is 15.8. The summed E-state index contributed by atoms with van der Waals surface area (Å²) < 4.78 is 2.37. The standard InChI is InChI=1S/C35H30N2/c1-2-8-30(9-3-1)37-34-12-5-4-10-31(34)32-24-29(21-22-35(32)37)27-15-13-25(14-16-27)26-17-19-28(20-18-26)33-11-6-7-23-36-33/h1-5,8-10,12-22,24,33,36H,6-7,11,23H2. The van der Waals surface area contributed by atoms with Gasteiger partial charge in [-0.25, -0.2) is 0 Å². The molecule has 180 valence electrons. The lowest BCUT2D eigenvalue weighted by atomic mass is 9.95. The first-order valence-electron chi connectivity index (χ1n) is 13.4. The predicted molar refractivity (Wildman–Crippen MR) is 156 cm³/mol. The maximum absolute atomic E-state index is 3.65. The van der Waals surface area contributed by atoms with E-state index in [0.29, 0.717) is 6.04 Å². The van der Waals surface area contributed by atoms with Crippen molar-refractivity contribution in [2.75, 3.05) is 6.54 Å². The smallest absolute Gasteiger partial charge is 0.0541 e. The second-order valence-electron chi connectivity index (χ2n) is 10.1. The van der Waals surface area contributed by atoms with Gasteiger partial charge in [0.1, 0.15) is 0 Å². The van der Waals surface area contributed by atoms with Crippen LogP contribution in [0.15, 0.2) is 121 Å². The molecule has 5 aromatic carbocycles. The average molecular weight is 479 g/mol. The van der Waals surface area contributed by atoms with E-state index in [2.05, 4.69) is 131 Å². The molecule has 0 bridgehead atoms. The van der Waals surface area contributed by atoms with Gasteiger partial charge < -0.3 is 9.88 Å². The maximum Gasteiger partial charge on any atom is 0.0541 e. The number of para-hydroxylation sites is 2. The van der Waals surface area contributed by atoms with Gasteiger partial charge in [-0.1, -0.05) is 97.4 Å². The fraction of sp³-hybridized carbons (Fsp3) is 0.143. The van der Waals surface area contributed by atoms with Crippen molar-refractivity contribution in [2.24, 2.45) is 0 Å². The predicted octanol–water partition coefficient (Wildman–Crippen LogP) is 8.93. The number of nitrogens with one attached hydrogen (secondary N) is 1. The summed E-state index contributed by atoms with van der Waals surface area (Å²) in [6.45, 7) is 1.13. The largest absolute Gasteiger partial charge is 0.310 e. The Bertz CT molecular complexity index is 1670. The summed E-state index contributed by atoms with van der Waals surface area (Å²) in [5, 5.41) is 6.22. The van der Waals surface area contributed by atoms with Crippen LogP contribution in [0.2, 0.25) is 0 Å². The van der Waals surface area contributed by atoms with Crippen molar-refractivity contribution in [1.29, 1.82) is 0 Å². The van der Waals surface area contributed by atoms with Crippen LogP contribution in [0, 0.1) is 0 Å². The summed E-state index contributed by atoms with van der Waals surface area (Å²) in [7, 11) is 0. The van der Waals surface area contributed by atoms with Crippen molar-refractivity contribution in [3.8, 4) is 27.9 Å². The Morgan fingerprint density at radius 1 is 0.541 bits per heavy atom. The molecule has 0 aliphatic carbocycles. The van der Waals surface area contributed by atoms with Crippen LogP contribution >= 0.6 is 0 Å². The van der Waals surface area contributed by atoms with Gasteiger partial charge in [0.25, 0.3) is 0 Å². The minimum atomic E-state index is 0.507. The Hall–Kier alpha value is -4.14. The van der Waals surface area contributed by atoms with E-state index in [0.717, 1.165) is 6.54 Å². The molecule has 1 aliphatic heterocycles. The molecule has 7 rings (SSSR count). The van der Waals surface area contributed by atoms with E-state index in [-0.39, 0.29) is 0 Å².